The Labute approximate surface area is 192 Å². The molecule has 9 heteroatoms. The number of hydrogen-bond donors (Lipinski definition) is 2. The molecule has 3 aromatic rings. The highest BCUT2D eigenvalue weighted by atomic mass is 127. The summed E-state index contributed by atoms with van der Waals surface area (Å²) in [5.41, 5.74) is 3.35. The normalized spacial score (nSPS) is 10.9. The second-order valence-corrected chi connectivity index (χ2v) is 6.44. The Balaban J connectivity index is 0.00000320. The molecule has 0 saturated heterocycles. The molecule has 158 valence electrons. The van der Waals surface area contributed by atoms with Gasteiger partial charge in [0, 0.05) is 37.6 Å². The minimum atomic E-state index is -0.403. The van der Waals surface area contributed by atoms with Crippen LogP contribution >= 0.6 is 24.0 Å². The Morgan fingerprint density at radius 3 is 2.47 bits per heavy atom. The lowest BCUT2D eigenvalue weighted by molar-refractivity contribution is -0.384. The smallest absolute Gasteiger partial charge is 0.269 e. The van der Waals surface area contributed by atoms with E-state index in [1.807, 2.05) is 36.0 Å². The Morgan fingerprint density at radius 2 is 1.83 bits per heavy atom. The number of guanidine groups is 1. The summed E-state index contributed by atoms with van der Waals surface area (Å²) in [6.45, 7) is 4.52. The van der Waals surface area contributed by atoms with Crippen molar-refractivity contribution in [2.24, 2.45) is 4.99 Å². The van der Waals surface area contributed by atoms with Crippen molar-refractivity contribution in [2.75, 3.05) is 6.54 Å². The van der Waals surface area contributed by atoms with E-state index >= 15 is 0 Å². The van der Waals surface area contributed by atoms with Gasteiger partial charge in [0.2, 0.25) is 0 Å². The van der Waals surface area contributed by atoms with Crippen LogP contribution in [0.15, 0.2) is 72.0 Å². The first-order valence-corrected chi connectivity index (χ1v) is 9.45. The third-order valence-electron chi connectivity index (χ3n) is 4.37. The van der Waals surface area contributed by atoms with Gasteiger partial charge in [-0.1, -0.05) is 36.4 Å². The van der Waals surface area contributed by atoms with Gasteiger partial charge in [-0.15, -0.1) is 24.0 Å². The first kappa shape index (κ1) is 23.3. The van der Waals surface area contributed by atoms with Crippen molar-refractivity contribution < 1.29 is 4.92 Å². The van der Waals surface area contributed by atoms with E-state index in [1.54, 1.807) is 18.3 Å². The molecule has 0 aliphatic carbocycles. The van der Waals surface area contributed by atoms with E-state index in [0.29, 0.717) is 25.6 Å². The SMILES string of the molecule is CCNC(=NCc1ccc([N+](=O)[O-])cc1)NCc1ccccc1Cn1cccn1.I. The number of nitro benzene ring substituents is 1. The van der Waals surface area contributed by atoms with Crippen LogP contribution in [0.2, 0.25) is 0 Å². The van der Waals surface area contributed by atoms with Gasteiger partial charge in [0.25, 0.3) is 5.69 Å². The van der Waals surface area contributed by atoms with Crippen molar-refractivity contribution in [2.45, 2.75) is 26.6 Å². The molecule has 1 aromatic heterocycles. The van der Waals surface area contributed by atoms with Crippen molar-refractivity contribution in [1.29, 1.82) is 0 Å². The summed E-state index contributed by atoms with van der Waals surface area (Å²) < 4.78 is 1.90. The highest BCUT2D eigenvalue weighted by molar-refractivity contribution is 14.0. The molecule has 0 amide bonds. The molecule has 8 nitrogen and oxygen atoms in total. The lowest BCUT2D eigenvalue weighted by atomic mass is 10.1. The van der Waals surface area contributed by atoms with Crippen LogP contribution in [0.1, 0.15) is 23.6 Å². The summed E-state index contributed by atoms with van der Waals surface area (Å²) in [6.07, 6.45) is 3.72. The number of benzene rings is 2. The topological polar surface area (TPSA) is 97.4 Å². The highest BCUT2D eigenvalue weighted by Crippen LogP contribution is 2.13. The van der Waals surface area contributed by atoms with Crippen LogP contribution in [0.4, 0.5) is 5.69 Å². The van der Waals surface area contributed by atoms with Crippen molar-refractivity contribution in [3.63, 3.8) is 0 Å². The summed E-state index contributed by atoms with van der Waals surface area (Å²) in [6, 6.07) is 16.6. The van der Waals surface area contributed by atoms with E-state index in [-0.39, 0.29) is 29.7 Å². The van der Waals surface area contributed by atoms with Gasteiger partial charge in [0.1, 0.15) is 0 Å². The number of aromatic nitrogens is 2. The summed E-state index contributed by atoms with van der Waals surface area (Å²) in [5, 5.41) is 21.6. The first-order chi connectivity index (χ1) is 14.2. The van der Waals surface area contributed by atoms with Crippen LogP contribution < -0.4 is 10.6 Å². The summed E-state index contributed by atoms with van der Waals surface area (Å²) >= 11 is 0. The Hall–Kier alpha value is -2.95. The van der Waals surface area contributed by atoms with Gasteiger partial charge in [-0.3, -0.25) is 14.8 Å². The molecule has 0 unspecified atom stereocenters. The van der Waals surface area contributed by atoms with Crippen LogP contribution in [0.25, 0.3) is 0 Å². The molecule has 0 aliphatic rings. The predicted octanol–water partition coefficient (Wildman–Crippen LogP) is 3.71. The molecule has 3 rings (SSSR count). The van der Waals surface area contributed by atoms with Crippen LogP contribution in [0.3, 0.4) is 0 Å². The molecule has 0 aliphatic heterocycles. The molecule has 2 N–H and O–H groups in total. The lowest BCUT2D eigenvalue weighted by Crippen LogP contribution is -2.37. The van der Waals surface area contributed by atoms with Crippen LogP contribution in [-0.2, 0) is 19.6 Å². The number of nitrogens with zero attached hydrogens (tertiary/aromatic N) is 4. The molecule has 1 heterocycles. The number of hydrogen-bond acceptors (Lipinski definition) is 4. The fourth-order valence-electron chi connectivity index (χ4n) is 2.87. The maximum Gasteiger partial charge on any atom is 0.269 e. The Bertz CT molecular complexity index is 958. The van der Waals surface area contributed by atoms with Crippen molar-refractivity contribution in [3.05, 3.63) is 93.8 Å². The first-order valence-electron chi connectivity index (χ1n) is 9.45. The monoisotopic (exact) mass is 520 g/mol. The maximum atomic E-state index is 10.8. The van der Waals surface area contributed by atoms with Gasteiger partial charge in [-0.05, 0) is 29.7 Å². The number of nitrogens with one attached hydrogen (secondary N) is 2. The largest absolute Gasteiger partial charge is 0.357 e. The van der Waals surface area contributed by atoms with E-state index in [9.17, 15) is 10.1 Å². The number of aliphatic imine (C=N–C) groups is 1. The van der Waals surface area contributed by atoms with Crippen LogP contribution in [-0.4, -0.2) is 27.2 Å². The number of nitro groups is 1. The third-order valence-corrected chi connectivity index (χ3v) is 4.37. The van der Waals surface area contributed by atoms with Gasteiger partial charge >= 0.3 is 0 Å². The van der Waals surface area contributed by atoms with Gasteiger partial charge < -0.3 is 10.6 Å². The Kier molecular flexibility index (Phi) is 9.26. The zero-order chi connectivity index (χ0) is 20.5. The van der Waals surface area contributed by atoms with Gasteiger partial charge in [0.05, 0.1) is 18.0 Å². The van der Waals surface area contributed by atoms with Crippen molar-refractivity contribution >= 4 is 35.6 Å². The maximum absolute atomic E-state index is 10.8. The molecule has 0 atom stereocenters. The van der Waals surface area contributed by atoms with Gasteiger partial charge in [-0.2, -0.15) is 5.10 Å². The van der Waals surface area contributed by atoms with Crippen molar-refractivity contribution in [3.8, 4) is 0 Å². The lowest BCUT2D eigenvalue weighted by Gasteiger charge is -2.14. The van der Waals surface area contributed by atoms with Gasteiger partial charge in [0.15, 0.2) is 5.96 Å². The molecule has 0 spiro atoms. The number of halogens is 1. The number of non-ortho nitro benzene ring substituents is 1. The third kappa shape index (κ3) is 6.83. The Morgan fingerprint density at radius 1 is 1.10 bits per heavy atom. The minimum absolute atomic E-state index is 0. The fraction of sp³-hybridized carbons (Fsp3) is 0.238. The standard InChI is InChI=1S/C21H24N6O2.HI/c1-2-22-21(23-14-17-8-10-20(11-9-17)27(28)29)24-15-18-6-3-4-7-19(18)16-26-13-5-12-25-26;/h3-13H,2,14-16H2,1H3,(H2,22,23,24);1H. The second-order valence-electron chi connectivity index (χ2n) is 6.44. The predicted molar refractivity (Wildman–Crippen MR) is 128 cm³/mol. The van der Waals surface area contributed by atoms with E-state index in [1.165, 1.54) is 23.3 Å². The van der Waals surface area contributed by atoms with Crippen molar-refractivity contribution in [1.82, 2.24) is 20.4 Å². The second kappa shape index (κ2) is 11.9. The average molecular weight is 520 g/mol. The highest BCUT2D eigenvalue weighted by Gasteiger charge is 2.06. The van der Waals surface area contributed by atoms with Gasteiger partial charge in [-0.25, -0.2) is 4.99 Å². The summed E-state index contributed by atoms with van der Waals surface area (Å²) in [7, 11) is 0. The van der Waals surface area contributed by atoms with Crippen LogP contribution in [0, 0.1) is 10.1 Å². The molecular formula is C21H25IN6O2. The zero-order valence-corrected chi connectivity index (χ0v) is 19.0. The summed E-state index contributed by atoms with van der Waals surface area (Å²) in [5.74, 6) is 0.694. The molecule has 30 heavy (non-hydrogen) atoms. The molecule has 0 bridgehead atoms. The van der Waals surface area contributed by atoms with E-state index in [2.05, 4.69) is 32.9 Å². The minimum Gasteiger partial charge on any atom is -0.357 e. The van der Waals surface area contributed by atoms with Crippen LogP contribution in [0.5, 0.6) is 0 Å². The molecule has 0 fully saturated rings. The quantitative estimate of drug-likeness (QED) is 0.155. The molecule has 0 radical (unpaired) electrons. The molecule has 0 saturated carbocycles. The van der Waals surface area contributed by atoms with E-state index in [0.717, 1.165) is 12.1 Å². The average Bonchev–Trinajstić information content (AvgIpc) is 3.24. The molecule has 2 aromatic carbocycles. The molecular weight excluding hydrogens is 495 g/mol. The fourth-order valence-corrected chi connectivity index (χ4v) is 2.87. The van der Waals surface area contributed by atoms with E-state index in [4.69, 9.17) is 0 Å². The summed E-state index contributed by atoms with van der Waals surface area (Å²) in [4.78, 5) is 14.9. The zero-order valence-electron chi connectivity index (χ0n) is 16.7. The van der Waals surface area contributed by atoms with E-state index < -0.39 is 4.92 Å². The number of rotatable bonds is 8.